The number of allylic oxidation sites excluding steroid dienone is 4. The monoisotopic (exact) mass is 298 g/mol. The molecule has 0 heterocycles. The highest BCUT2D eigenvalue weighted by Gasteiger charge is 2.11. The normalized spacial score (nSPS) is 17.5. The Morgan fingerprint density at radius 3 is 2.45 bits per heavy atom. The molecule has 0 saturated heterocycles. The van der Waals surface area contributed by atoms with Crippen LogP contribution in [0.2, 0.25) is 0 Å². The van der Waals surface area contributed by atoms with E-state index in [1.54, 1.807) is 6.08 Å². The van der Waals surface area contributed by atoms with Gasteiger partial charge in [-0.15, -0.1) is 0 Å². The second-order valence-corrected chi connectivity index (χ2v) is 4.54. The van der Waals surface area contributed by atoms with Gasteiger partial charge in [0, 0.05) is 10.9 Å². The molecule has 0 aromatic rings. The van der Waals surface area contributed by atoms with Crippen molar-refractivity contribution in [3.05, 3.63) is 21.1 Å². The second-order valence-electron chi connectivity index (χ2n) is 1.93. The van der Waals surface area contributed by atoms with Gasteiger partial charge in [0.1, 0.15) is 0 Å². The van der Waals surface area contributed by atoms with Crippen LogP contribution in [0.15, 0.2) is 21.1 Å². The third kappa shape index (κ3) is 2.04. The largest absolute Gasteiger partial charge is 0.218 e. The topological polar surface area (TPSA) is 34.1 Å². The predicted molar refractivity (Wildman–Crippen MR) is 52.6 cm³/mol. The Bertz CT molecular complexity index is 354. The van der Waals surface area contributed by atoms with Gasteiger partial charge < -0.3 is 0 Å². The average Bonchev–Trinajstić information content (AvgIpc) is 1.94. The summed E-state index contributed by atoms with van der Waals surface area (Å²) in [4.78, 5) is 0.388. The van der Waals surface area contributed by atoms with E-state index in [2.05, 4.69) is 31.9 Å². The molecule has 0 amide bonds. The number of rotatable bonds is 0. The van der Waals surface area contributed by atoms with Gasteiger partial charge in [0.25, 0.3) is 0 Å². The van der Waals surface area contributed by atoms with E-state index in [0.717, 1.165) is 4.48 Å². The maximum absolute atomic E-state index is 10.6. The van der Waals surface area contributed by atoms with E-state index in [4.69, 9.17) is 0 Å². The first kappa shape index (κ1) is 9.22. The standard InChI is InChI=1S/C6H4Br2O2S/c7-4-2-1-3-5(6(4)8)11(9)10/h1-2H,3H2. The zero-order chi connectivity index (χ0) is 8.43. The predicted octanol–water partition coefficient (Wildman–Crippen LogP) is 2.00. The lowest BCUT2D eigenvalue weighted by atomic mass is 10.2. The Morgan fingerprint density at radius 2 is 2.00 bits per heavy atom. The quantitative estimate of drug-likeness (QED) is 0.641. The number of hydrogen-bond acceptors (Lipinski definition) is 2. The fraction of sp³-hybridized carbons (Fsp3) is 0.167. The maximum atomic E-state index is 10.6. The first-order valence-electron chi connectivity index (χ1n) is 2.80. The Balaban J connectivity index is 3.31. The van der Waals surface area contributed by atoms with Crippen molar-refractivity contribution >= 4 is 47.0 Å². The molecular formula is C6H4Br2O2S. The van der Waals surface area contributed by atoms with Crippen LogP contribution in [0.1, 0.15) is 6.42 Å². The molecule has 0 aromatic carbocycles. The molecule has 0 spiro atoms. The highest BCUT2D eigenvalue weighted by Crippen LogP contribution is 2.25. The lowest BCUT2D eigenvalue weighted by Gasteiger charge is -2.04. The van der Waals surface area contributed by atoms with E-state index in [1.807, 2.05) is 6.08 Å². The van der Waals surface area contributed by atoms with Gasteiger partial charge >= 0.3 is 0 Å². The second kappa shape index (κ2) is 3.69. The Kier molecular flexibility index (Phi) is 3.09. The molecule has 1 aliphatic carbocycles. The van der Waals surface area contributed by atoms with Gasteiger partial charge in [0.2, 0.25) is 10.3 Å². The summed E-state index contributed by atoms with van der Waals surface area (Å²) in [6, 6.07) is 0. The van der Waals surface area contributed by atoms with Gasteiger partial charge in [-0.25, -0.2) is 0 Å². The van der Waals surface area contributed by atoms with Gasteiger partial charge in [-0.2, -0.15) is 8.42 Å². The molecule has 0 unspecified atom stereocenters. The maximum Gasteiger partial charge on any atom is 0.218 e. The molecule has 0 radical (unpaired) electrons. The van der Waals surface area contributed by atoms with Crippen molar-refractivity contribution in [2.75, 3.05) is 0 Å². The van der Waals surface area contributed by atoms with Crippen molar-refractivity contribution in [2.45, 2.75) is 6.42 Å². The minimum absolute atomic E-state index is 0.388. The summed E-state index contributed by atoms with van der Waals surface area (Å²) >= 11 is 6.39. The minimum Gasteiger partial charge on any atom is -0.184 e. The van der Waals surface area contributed by atoms with Crippen molar-refractivity contribution in [3.8, 4) is 0 Å². The Labute approximate surface area is 82.8 Å². The van der Waals surface area contributed by atoms with Crippen LogP contribution in [0.25, 0.3) is 0 Å². The van der Waals surface area contributed by atoms with Gasteiger partial charge in [0.15, 0.2) is 0 Å². The highest BCUT2D eigenvalue weighted by molar-refractivity contribution is 9.14. The molecule has 0 saturated carbocycles. The smallest absolute Gasteiger partial charge is 0.184 e. The highest BCUT2D eigenvalue weighted by atomic mass is 79.9. The molecule has 0 N–H and O–H groups in total. The van der Waals surface area contributed by atoms with Crippen LogP contribution in [-0.4, -0.2) is 13.3 Å². The average molecular weight is 300 g/mol. The van der Waals surface area contributed by atoms with E-state index in [1.165, 1.54) is 0 Å². The van der Waals surface area contributed by atoms with Crippen molar-refractivity contribution in [3.63, 3.8) is 0 Å². The van der Waals surface area contributed by atoms with Gasteiger partial charge in [0.05, 0.1) is 9.35 Å². The molecule has 2 nitrogen and oxygen atoms in total. The molecule has 60 valence electrons. The molecule has 0 bridgehead atoms. The summed E-state index contributed by atoms with van der Waals surface area (Å²) < 4.78 is 22.5. The SMILES string of the molecule is O=S(=O)=C1CC=CC(Br)=C1Br. The molecule has 0 atom stereocenters. The zero-order valence-electron chi connectivity index (χ0n) is 5.34. The first-order valence-corrected chi connectivity index (χ1v) is 5.46. The molecule has 1 aliphatic rings. The van der Waals surface area contributed by atoms with E-state index in [-0.39, 0.29) is 0 Å². The lowest BCUT2D eigenvalue weighted by Crippen LogP contribution is -2.02. The summed E-state index contributed by atoms with van der Waals surface area (Å²) in [6.07, 6.45) is 4.08. The van der Waals surface area contributed by atoms with Gasteiger partial charge in [-0.1, -0.05) is 12.2 Å². The first-order chi connectivity index (χ1) is 5.13. The Hall–Kier alpha value is 0.130. The van der Waals surface area contributed by atoms with Crippen LogP contribution in [0.3, 0.4) is 0 Å². The van der Waals surface area contributed by atoms with Crippen LogP contribution in [0, 0.1) is 0 Å². The molecule has 11 heavy (non-hydrogen) atoms. The third-order valence-corrected chi connectivity index (χ3v) is 4.36. The van der Waals surface area contributed by atoms with Gasteiger partial charge in [-0.05, 0) is 31.9 Å². The zero-order valence-corrected chi connectivity index (χ0v) is 9.33. The molecular weight excluding hydrogens is 296 g/mol. The summed E-state index contributed by atoms with van der Waals surface area (Å²) in [5.74, 6) is 0. The number of halogens is 2. The van der Waals surface area contributed by atoms with Crippen LogP contribution in [0.5, 0.6) is 0 Å². The van der Waals surface area contributed by atoms with Crippen molar-refractivity contribution < 1.29 is 8.42 Å². The van der Waals surface area contributed by atoms with Crippen molar-refractivity contribution in [1.82, 2.24) is 0 Å². The van der Waals surface area contributed by atoms with Crippen LogP contribution >= 0.6 is 31.9 Å². The minimum atomic E-state index is -2.12. The fourth-order valence-corrected chi connectivity index (χ4v) is 2.44. The molecule has 0 fully saturated rings. The Morgan fingerprint density at radius 1 is 1.36 bits per heavy atom. The lowest BCUT2D eigenvalue weighted by molar-refractivity contribution is 0.627. The summed E-state index contributed by atoms with van der Waals surface area (Å²) in [7, 11) is -2.12. The van der Waals surface area contributed by atoms with Crippen molar-refractivity contribution in [2.24, 2.45) is 0 Å². The third-order valence-electron chi connectivity index (χ3n) is 1.22. The summed E-state index contributed by atoms with van der Waals surface area (Å²) in [5, 5.41) is 0. The van der Waals surface area contributed by atoms with Crippen LogP contribution in [0.4, 0.5) is 0 Å². The van der Waals surface area contributed by atoms with E-state index >= 15 is 0 Å². The molecule has 0 aliphatic heterocycles. The molecule has 0 aromatic heterocycles. The van der Waals surface area contributed by atoms with E-state index in [0.29, 0.717) is 15.8 Å². The van der Waals surface area contributed by atoms with Crippen LogP contribution < -0.4 is 0 Å². The molecule has 5 heteroatoms. The number of hydrogen-bond donors (Lipinski definition) is 0. The van der Waals surface area contributed by atoms with Crippen LogP contribution in [-0.2, 0) is 10.3 Å². The fourth-order valence-electron chi connectivity index (χ4n) is 0.707. The van der Waals surface area contributed by atoms with E-state index in [9.17, 15) is 8.42 Å². The summed E-state index contributed by atoms with van der Waals surface area (Å²) in [5.41, 5.74) is 0. The molecule has 1 rings (SSSR count). The van der Waals surface area contributed by atoms with Crippen molar-refractivity contribution in [1.29, 1.82) is 0 Å². The summed E-state index contributed by atoms with van der Waals surface area (Å²) in [6.45, 7) is 0. The van der Waals surface area contributed by atoms with E-state index < -0.39 is 10.3 Å². The van der Waals surface area contributed by atoms with Gasteiger partial charge in [-0.3, -0.25) is 0 Å².